The molecule has 0 bridgehead atoms. The maximum atomic E-state index is 3.89. The minimum absolute atomic E-state index is 0.936. The molecule has 0 aliphatic rings. The molecule has 1 radical (unpaired) electrons. The molecule has 0 nitrogen and oxygen atoms in total. The number of rotatable bonds is 0. The van der Waals surface area contributed by atoms with Gasteiger partial charge in [0.05, 0.1) is 0 Å². The van der Waals surface area contributed by atoms with Gasteiger partial charge in [-0.1, -0.05) is 0 Å². The second kappa shape index (κ2) is 3.90. The molecule has 0 saturated heterocycles. The molecule has 4 heteroatoms. The minimum atomic E-state index is 0.936. The molecule has 0 amide bonds. The Hall–Kier alpha value is 1.14. The van der Waals surface area contributed by atoms with Crippen LogP contribution in [0.1, 0.15) is 5.56 Å². The van der Waals surface area contributed by atoms with Crippen molar-refractivity contribution in [2.45, 2.75) is 0 Å². The molecule has 1 rings (SSSR count). The van der Waals surface area contributed by atoms with Gasteiger partial charge in [0.15, 0.2) is 0 Å². The Morgan fingerprint density at radius 1 is 0.909 bits per heavy atom. The third-order valence-corrected chi connectivity index (χ3v) is 5.33. The molecule has 0 N–H and O–H groups in total. The number of hydrogen-bond acceptors (Lipinski definition) is 0. The van der Waals surface area contributed by atoms with Gasteiger partial charge in [-0.2, -0.15) is 0 Å². The maximum Gasteiger partial charge on any atom is 0.0361 e. The smallest absolute Gasteiger partial charge is 0.0361 e. The summed E-state index contributed by atoms with van der Waals surface area (Å²) in [5.41, 5.74) is 0.936. The first-order valence-corrected chi connectivity index (χ1v) is 5.86. The van der Waals surface area contributed by atoms with Gasteiger partial charge >= 0.3 is 0 Å². The number of benzene rings is 1. The Morgan fingerprint density at radius 3 is 1.64 bits per heavy atom. The van der Waals surface area contributed by atoms with E-state index in [-0.39, 0.29) is 0 Å². The Morgan fingerprint density at radius 2 is 1.27 bits per heavy atom. The Kier molecular flexibility index (Phi) is 3.62. The second-order valence-corrected chi connectivity index (χ2v) is 5.24. The predicted octanol–water partition coefficient (Wildman–Crippen LogP) is 4.92. The zero-order valence-corrected chi connectivity index (χ0v) is 11.6. The molecule has 0 aliphatic carbocycles. The van der Waals surface area contributed by atoms with Crippen LogP contribution in [0.25, 0.3) is 0 Å². The minimum Gasteiger partial charge on any atom is -0.0496 e. The van der Waals surface area contributed by atoms with E-state index in [0.29, 0.717) is 0 Å². The summed E-state index contributed by atoms with van der Waals surface area (Å²) < 4.78 is 3.95. The highest BCUT2D eigenvalue weighted by Crippen LogP contribution is 2.36. The average molecular weight is 407 g/mol. The third-order valence-electron chi connectivity index (χ3n) is 1.20. The van der Waals surface area contributed by atoms with Crippen LogP contribution in [0.4, 0.5) is 0 Å². The number of halogens is 4. The molecule has 1 aromatic rings. The van der Waals surface area contributed by atoms with Crippen LogP contribution in [0.15, 0.2) is 24.0 Å². The molecule has 11 heavy (non-hydrogen) atoms. The van der Waals surface area contributed by atoms with Gasteiger partial charge in [0.25, 0.3) is 0 Å². The topological polar surface area (TPSA) is 0 Å². The molecule has 0 heterocycles. The molecule has 0 aromatic heterocycles. The summed E-state index contributed by atoms with van der Waals surface area (Å²) in [5.74, 6) is 0. The van der Waals surface area contributed by atoms with Crippen LogP contribution in [-0.2, 0) is 0 Å². The number of hydrogen-bond donors (Lipinski definition) is 0. The van der Waals surface area contributed by atoms with Crippen molar-refractivity contribution in [2.24, 2.45) is 0 Å². The summed E-state index contributed by atoms with van der Waals surface area (Å²) in [6, 6.07) is 1.96. The summed E-state index contributed by atoms with van der Waals surface area (Å²) in [5, 5.41) is 0. The molecule has 0 unspecified atom stereocenters. The average Bonchev–Trinajstić information content (AvgIpc) is 1.97. The van der Waals surface area contributed by atoms with Gasteiger partial charge in [-0.3, -0.25) is 0 Å². The van der Waals surface area contributed by atoms with E-state index in [1.165, 1.54) is 0 Å². The normalized spacial score (nSPS) is 10.3. The standard InChI is InChI=1S/C7H3Br4/c1-3-6(10)4(8)2-5(9)7(3)11/h2H,1H2. The first-order chi connectivity index (χ1) is 5.04. The SMILES string of the molecule is [CH2]c1c(Br)c(Br)cc(Br)c1Br. The quantitative estimate of drug-likeness (QED) is 0.537. The van der Waals surface area contributed by atoms with E-state index < -0.39 is 0 Å². The zero-order valence-electron chi connectivity index (χ0n) is 5.30. The van der Waals surface area contributed by atoms with Crippen LogP contribution in [0.2, 0.25) is 0 Å². The van der Waals surface area contributed by atoms with E-state index in [2.05, 4.69) is 70.6 Å². The summed E-state index contributed by atoms with van der Waals surface area (Å²) >= 11 is 13.6. The van der Waals surface area contributed by atoms with Gasteiger partial charge in [0.2, 0.25) is 0 Å². The summed E-state index contributed by atoms with van der Waals surface area (Å²) in [6.45, 7) is 3.89. The maximum absolute atomic E-state index is 3.89. The largest absolute Gasteiger partial charge is 0.0496 e. The molecule has 0 spiro atoms. The van der Waals surface area contributed by atoms with Crippen molar-refractivity contribution in [3.63, 3.8) is 0 Å². The lowest BCUT2D eigenvalue weighted by Gasteiger charge is -2.05. The lowest BCUT2D eigenvalue weighted by Crippen LogP contribution is -1.81. The molecule has 0 atom stereocenters. The van der Waals surface area contributed by atoms with Crippen LogP contribution >= 0.6 is 63.7 Å². The first-order valence-electron chi connectivity index (χ1n) is 2.69. The summed E-state index contributed by atoms with van der Waals surface area (Å²) in [4.78, 5) is 0. The first kappa shape index (κ1) is 10.2. The van der Waals surface area contributed by atoms with Gasteiger partial charge in [-0.05, 0) is 82.3 Å². The van der Waals surface area contributed by atoms with Gasteiger partial charge in [-0.15, -0.1) is 0 Å². The van der Waals surface area contributed by atoms with Crippen LogP contribution < -0.4 is 0 Å². The summed E-state index contributed by atoms with van der Waals surface area (Å²) in [6.07, 6.45) is 0. The molecular weight excluding hydrogens is 404 g/mol. The van der Waals surface area contributed by atoms with E-state index in [1.54, 1.807) is 0 Å². The van der Waals surface area contributed by atoms with E-state index in [0.717, 1.165) is 23.5 Å². The van der Waals surface area contributed by atoms with Gasteiger partial charge in [0.1, 0.15) is 0 Å². The van der Waals surface area contributed by atoms with Gasteiger partial charge < -0.3 is 0 Å². The van der Waals surface area contributed by atoms with E-state index in [1.807, 2.05) is 6.07 Å². The fraction of sp³-hybridized carbons (Fsp3) is 0. The molecule has 0 saturated carbocycles. The van der Waals surface area contributed by atoms with Crippen LogP contribution in [0.5, 0.6) is 0 Å². The van der Waals surface area contributed by atoms with Crippen LogP contribution in [0, 0.1) is 6.92 Å². The highest BCUT2D eigenvalue weighted by atomic mass is 79.9. The zero-order chi connectivity index (χ0) is 8.59. The van der Waals surface area contributed by atoms with Gasteiger partial charge in [0, 0.05) is 17.9 Å². The molecule has 0 aliphatic heterocycles. The van der Waals surface area contributed by atoms with Gasteiger partial charge in [-0.25, -0.2) is 0 Å². The van der Waals surface area contributed by atoms with E-state index >= 15 is 0 Å². The Labute approximate surface area is 99.3 Å². The lowest BCUT2D eigenvalue weighted by molar-refractivity contribution is 1.44. The van der Waals surface area contributed by atoms with E-state index in [4.69, 9.17) is 0 Å². The monoisotopic (exact) mass is 403 g/mol. The fourth-order valence-electron chi connectivity index (χ4n) is 0.623. The highest BCUT2D eigenvalue weighted by molar-refractivity contribution is 9.14. The highest BCUT2D eigenvalue weighted by Gasteiger charge is 2.07. The molecular formula is C7H3Br4. The van der Waals surface area contributed by atoms with Crippen molar-refractivity contribution < 1.29 is 0 Å². The fourth-order valence-corrected chi connectivity index (χ4v) is 2.76. The Bertz CT molecular complexity index is 267. The molecule has 59 valence electrons. The van der Waals surface area contributed by atoms with Crippen molar-refractivity contribution in [3.8, 4) is 0 Å². The van der Waals surface area contributed by atoms with Crippen LogP contribution in [0.3, 0.4) is 0 Å². The van der Waals surface area contributed by atoms with Crippen molar-refractivity contribution in [1.29, 1.82) is 0 Å². The lowest BCUT2D eigenvalue weighted by atomic mass is 10.2. The van der Waals surface area contributed by atoms with Crippen molar-refractivity contribution in [3.05, 3.63) is 36.4 Å². The van der Waals surface area contributed by atoms with Crippen molar-refractivity contribution in [1.82, 2.24) is 0 Å². The second-order valence-electron chi connectivity index (χ2n) is 1.95. The Balaban J connectivity index is 3.46. The van der Waals surface area contributed by atoms with E-state index in [9.17, 15) is 0 Å². The summed E-state index contributed by atoms with van der Waals surface area (Å²) in [7, 11) is 0. The van der Waals surface area contributed by atoms with Crippen molar-refractivity contribution in [2.75, 3.05) is 0 Å². The van der Waals surface area contributed by atoms with Crippen LogP contribution in [-0.4, -0.2) is 0 Å². The molecule has 1 aromatic carbocycles. The van der Waals surface area contributed by atoms with Crippen molar-refractivity contribution >= 4 is 63.7 Å². The predicted molar refractivity (Wildman–Crippen MR) is 61.7 cm³/mol. The third kappa shape index (κ3) is 2.08. The molecule has 0 fully saturated rings.